The van der Waals surface area contributed by atoms with Crippen molar-refractivity contribution in [2.24, 2.45) is 0 Å². The van der Waals surface area contributed by atoms with Gasteiger partial charge < -0.3 is 15.2 Å². The molecule has 1 aromatic carbocycles. The Morgan fingerprint density at radius 2 is 1.88 bits per heavy atom. The number of carbonyl (C=O) groups excluding carboxylic acids is 1. The fourth-order valence-electron chi connectivity index (χ4n) is 2.91. The number of carboxylic acids is 1. The van der Waals surface area contributed by atoms with Crippen molar-refractivity contribution in [2.75, 3.05) is 18.2 Å². The highest BCUT2D eigenvalue weighted by molar-refractivity contribution is 7.90. The van der Waals surface area contributed by atoms with E-state index in [4.69, 9.17) is 9.84 Å². The van der Waals surface area contributed by atoms with Gasteiger partial charge >= 0.3 is 5.97 Å². The van der Waals surface area contributed by atoms with Crippen molar-refractivity contribution in [3.63, 3.8) is 0 Å². The van der Waals surface area contributed by atoms with Gasteiger partial charge in [-0.1, -0.05) is 0 Å². The zero-order valence-corrected chi connectivity index (χ0v) is 14.5. The third kappa shape index (κ3) is 3.93. The minimum Gasteiger partial charge on any atom is -0.478 e. The molecule has 1 aromatic rings. The molecule has 132 valence electrons. The van der Waals surface area contributed by atoms with Crippen molar-refractivity contribution in [3.8, 4) is 0 Å². The van der Waals surface area contributed by atoms with Crippen LogP contribution in [-0.4, -0.2) is 43.9 Å². The maximum atomic E-state index is 12.6. The second-order valence-corrected chi connectivity index (χ2v) is 7.93. The van der Waals surface area contributed by atoms with Crippen molar-refractivity contribution in [1.82, 2.24) is 0 Å². The number of nitrogens with one attached hydrogen (secondary N) is 1. The van der Waals surface area contributed by atoms with Crippen LogP contribution in [0.15, 0.2) is 23.1 Å². The molecular weight excluding hydrogens is 334 g/mol. The monoisotopic (exact) mass is 355 g/mol. The molecule has 1 aliphatic rings. The van der Waals surface area contributed by atoms with Crippen LogP contribution in [0.3, 0.4) is 0 Å². The summed E-state index contributed by atoms with van der Waals surface area (Å²) in [6.07, 6.45) is 3.90. The quantitative estimate of drug-likeness (QED) is 0.808. The largest absolute Gasteiger partial charge is 0.478 e. The highest BCUT2D eigenvalue weighted by atomic mass is 32.2. The SMILES string of the molecule is CCOC1(C(=O)Nc2cc(C(=O)O)cc(S(C)(=O)=O)c2)CCCC1. The van der Waals surface area contributed by atoms with Gasteiger partial charge in [-0.2, -0.15) is 0 Å². The van der Waals surface area contributed by atoms with E-state index in [-0.39, 0.29) is 22.1 Å². The minimum atomic E-state index is -3.61. The number of sulfone groups is 1. The Labute approximate surface area is 140 Å². The van der Waals surface area contributed by atoms with Crippen molar-refractivity contribution in [3.05, 3.63) is 23.8 Å². The molecule has 1 amide bonds. The average Bonchev–Trinajstić information content (AvgIpc) is 2.96. The third-order valence-corrected chi connectivity index (χ3v) is 5.18. The molecule has 0 atom stereocenters. The predicted octanol–water partition coefficient (Wildman–Crippen LogP) is 2.08. The first-order valence-corrected chi connectivity index (χ1v) is 9.61. The summed E-state index contributed by atoms with van der Waals surface area (Å²) in [5, 5.41) is 11.8. The Morgan fingerprint density at radius 1 is 1.25 bits per heavy atom. The van der Waals surface area contributed by atoms with Crippen LogP contribution >= 0.6 is 0 Å². The molecule has 0 saturated heterocycles. The van der Waals surface area contributed by atoms with Gasteiger partial charge in [0.25, 0.3) is 5.91 Å². The molecule has 1 aliphatic carbocycles. The lowest BCUT2D eigenvalue weighted by Crippen LogP contribution is -2.43. The van der Waals surface area contributed by atoms with Gasteiger partial charge in [-0.3, -0.25) is 4.79 Å². The van der Waals surface area contributed by atoms with Gasteiger partial charge in [0.2, 0.25) is 0 Å². The number of rotatable bonds is 6. The molecule has 8 heteroatoms. The summed E-state index contributed by atoms with van der Waals surface area (Å²) >= 11 is 0. The van der Waals surface area contributed by atoms with Crippen LogP contribution in [0.5, 0.6) is 0 Å². The number of hydrogen-bond acceptors (Lipinski definition) is 5. The van der Waals surface area contributed by atoms with Crippen LogP contribution in [0.25, 0.3) is 0 Å². The molecule has 0 bridgehead atoms. The fraction of sp³-hybridized carbons (Fsp3) is 0.500. The number of hydrogen-bond donors (Lipinski definition) is 2. The first kappa shape index (κ1) is 18.4. The summed E-state index contributed by atoms with van der Waals surface area (Å²) in [6, 6.07) is 3.57. The lowest BCUT2D eigenvalue weighted by molar-refractivity contribution is -0.140. The van der Waals surface area contributed by atoms with E-state index in [1.165, 1.54) is 12.1 Å². The van der Waals surface area contributed by atoms with E-state index < -0.39 is 21.4 Å². The van der Waals surface area contributed by atoms with Crippen molar-refractivity contribution in [1.29, 1.82) is 0 Å². The summed E-state index contributed by atoms with van der Waals surface area (Å²) in [5.74, 6) is -1.64. The van der Waals surface area contributed by atoms with Crippen molar-refractivity contribution in [2.45, 2.75) is 43.1 Å². The predicted molar refractivity (Wildman–Crippen MR) is 88.0 cm³/mol. The molecule has 1 saturated carbocycles. The second kappa shape index (κ2) is 6.90. The van der Waals surface area contributed by atoms with Crippen LogP contribution in [0.2, 0.25) is 0 Å². The summed E-state index contributed by atoms with van der Waals surface area (Å²) in [5.41, 5.74) is -1.00. The van der Waals surface area contributed by atoms with E-state index in [2.05, 4.69) is 5.32 Å². The maximum Gasteiger partial charge on any atom is 0.335 e. The van der Waals surface area contributed by atoms with E-state index >= 15 is 0 Å². The minimum absolute atomic E-state index is 0.131. The lowest BCUT2D eigenvalue weighted by Gasteiger charge is -2.27. The van der Waals surface area contributed by atoms with Gasteiger partial charge in [0.05, 0.1) is 10.5 Å². The Balaban J connectivity index is 2.36. The smallest absolute Gasteiger partial charge is 0.335 e. The molecule has 0 unspecified atom stereocenters. The normalized spacial score (nSPS) is 16.8. The number of carbonyl (C=O) groups is 2. The molecule has 1 fully saturated rings. The molecule has 0 radical (unpaired) electrons. The van der Waals surface area contributed by atoms with Gasteiger partial charge in [-0.05, 0) is 50.8 Å². The number of aromatic carboxylic acids is 1. The van der Waals surface area contributed by atoms with Crippen LogP contribution < -0.4 is 5.32 Å². The molecular formula is C16H21NO6S. The summed E-state index contributed by atoms with van der Waals surface area (Å²) in [4.78, 5) is 23.7. The molecule has 0 aliphatic heterocycles. The van der Waals surface area contributed by atoms with E-state index in [1.807, 2.05) is 0 Å². The topological polar surface area (TPSA) is 110 Å². The van der Waals surface area contributed by atoms with E-state index in [1.54, 1.807) is 6.92 Å². The highest BCUT2D eigenvalue weighted by Crippen LogP contribution is 2.34. The fourth-order valence-corrected chi connectivity index (χ4v) is 3.60. The first-order chi connectivity index (χ1) is 11.2. The van der Waals surface area contributed by atoms with Gasteiger partial charge in [-0.15, -0.1) is 0 Å². The van der Waals surface area contributed by atoms with Crippen LogP contribution in [0.1, 0.15) is 43.0 Å². The van der Waals surface area contributed by atoms with Gasteiger partial charge in [-0.25, -0.2) is 13.2 Å². The lowest BCUT2D eigenvalue weighted by atomic mass is 10.0. The Morgan fingerprint density at radius 3 is 2.38 bits per heavy atom. The molecule has 24 heavy (non-hydrogen) atoms. The van der Waals surface area contributed by atoms with Crippen LogP contribution in [-0.2, 0) is 19.4 Å². The van der Waals surface area contributed by atoms with E-state index in [9.17, 15) is 18.0 Å². The Kier molecular flexibility index (Phi) is 5.29. The summed E-state index contributed by atoms with van der Waals surface area (Å²) in [7, 11) is -3.61. The average molecular weight is 355 g/mol. The summed E-state index contributed by atoms with van der Waals surface area (Å²) < 4.78 is 29.1. The number of ether oxygens (including phenoxy) is 1. The van der Waals surface area contributed by atoms with Crippen molar-refractivity contribution < 1.29 is 27.9 Å². The van der Waals surface area contributed by atoms with E-state index in [0.717, 1.165) is 25.2 Å². The number of amides is 1. The molecule has 0 spiro atoms. The molecule has 7 nitrogen and oxygen atoms in total. The standard InChI is InChI=1S/C16H21NO6S/c1-3-23-16(6-4-5-7-16)15(20)17-12-8-11(14(18)19)9-13(10-12)24(2,21)22/h8-10H,3-7H2,1-2H3,(H,17,20)(H,18,19). The number of anilines is 1. The highest BCUT2D eigenvalue weighted by Gasteiger charge is 2.42. The van der Waals surface area contributed by atoms with Gasteiger partial charge in [0, 0.05) is 18.6 Å². The Bertz CT molecular complexity index is 750. The van der Waals surface area contributed by atoms with Gasteiger partial charge in [0.15, 0.2) is 9.84 Å². The van der Waals surface area contributed by atoms with Crippen LogP contribution in [0.4, 0.5) is 5.69 Å². The van der Waals surface area contributed by atoms with Crippen molar-refractivity contribution >= 4 is 27.4 Å². The maximum absolute atomic E-state index is 12.6. The van der Waals surface area contributed by atoms with Gasteiger partial charge in [0.1, 0.15) is 5.60 Å². The zero-order valence-electron chi connectivity index (χ0n) is 13.7. The molecule has 2 N–H and O–H groups in total. The second-order valence-electron chi connectivity index (χ2n) is 5.91. The number of carboxylic acid groups (broad SMARTS) is 1. The first-order valence-electron chi connectivity index (χ1n) is 7.72. The molecule has 0 aromatic heterocycles. The number of benzene rings is 1. The zero-order chi connectivity index (χ0) is 18.0. The molecule has 2 rings (SSSR count). The Hall–Kier alpha value is -1.93. The third-order valence-electron chi connectivity index (χ3n) is 4.09. The van der Waals surface area contributed by atoms with Crippen LogP contribution in [0, 0.1) is 0 Å². The summed E-state index contributed by atoms with van der Waals surface area (Å²) in [6.45, 7) is 2.19. The van der Waals surface area contributed by atoms with E-state index in [0.29, 0.717) is 19.4 Å². The molecule has 0 heterocycles.